The minimum absolute atomic E-state index is 0.0220. The van der Waals surface area contributed by atoms with Gasteiger partial charge in [-0.25, -0.2) is 0 Å². The summed E-state index contributed by atoms with van der Waals surface area (Å²) in [5.74, 6) is 1.32. The normalized spacial score (nSPS) is 10.7. The van der Waals surface area contributed by atoms with Crippen LogP contribution in [0.25, 0.3) is 11.0 Å². The molecule has 0 bridgehead atoms. The smallest absolute Gasteiger partial charge is 0.199 e. The standard InChI is InChI=1S/C15H19NO3/c1-4-16(5-2)15-10-13(17)12-8-7-11(18-6-3)9-14(12)19-15/h7-10H,4-6H2,1-3H3. The Morgan fingerprint density at radius 3 is 2.53 bits per heavy atom. The molecule has 1 heterocycles. The zero-order valence-corrected chi connectivity index (χ0v) is 11.6. The third-order valence-corrected chi connectivity index (χ3v) is 3.07. The zero-order chi connectivity index (χ0) is 13.8. The summed E-state index contributed by atoms with van der Waals surface area (Å²) in [5, 5.41) is 0.583. The van der Waals surface area contributed by atoms with Crippen LogP contribution in [-0.4, -0.2) is 19.7 Å². The van der Waals surface area contributed by atoms with Crippen LogP contribution >= 0.6 is 0 Å². The average molecular weight is 261 g/mol. The molecule has 0 saturated heterocycles. The second kappa shape index (κ2) is 5.78. The van der Waals surface area contributed by atoms with Gasteiger partial charge in [0.25, 0.3) is 0 Å². The van der Waals surface area contributed by atoms with E-state index >= 15 is 0 Å². The number of nitrogens with zero attached hydrogens (tertiary/aromatic N) is 1. The molecule has 0 N–H and O–H groups in total. The fraction of sp³-hybridized carbons (Fsp3) is 0.400. The molecule has 0 aliphatic heterocycles. The lowest BCUT2D eigenvalue weighted by Crippen LogP contribution is -2.23. The highest BCUT2D eigenvalue weighted by molar-refractivity contribution is 5.79. The van der Waals surface area contributed by atoms with Gasteiger partial charge in [0.2, 0.25) is 0 Å². The first kappa shape index (κ1) is 13.5. The lowest BCUT2D eigenvalue weighted by Gasteiger charge is -2.19. The van der Waals surface area contributed by atoms with Gasteiger partial charge in [0, 0.05) is 25.2 Å². The number of hydrogen-bond donors (Lipinski definition) is 0. The van der Waals surface area contributed by atoms with Gasteiger partial charge in [-0.05, 0) is 32.9 Å². The first-order valence-corrected chi connectivity index (χ1v) is 6.65. The van der Waals surface area contributed by atoms with Gasteiger partial charge in [-0.3, -0.25) is 4.79 Å². The summed E-state index contributed by atoms with van der Waals surface area (Å²) in [5.41, 5.74) is 0.548. The third-order valence-electron chi connectivity index (χ3n) is 3.07. The van der Waals surface area contributed by atoms with Gasteiger partial charge >= 0.3 is 0 Å². The Hall–Kier alpha value is -1.97. The molecule has 2 rings (SSSR count). The predicted molar refractivity (Wildman–Crippen MR) is 77.2 cm³/mol. The molecule has 1 aromatic heterocycles. The summed E-state index contributed by atoms with van der Waals surface area (Å²) in [6, 6.07) is 6.86. The van der Waals surface area contributed by atoms with Crippen molar-refractivity contribution in [3.63, 3.8) is 0 Å². The number of fused-ring (bicyclic) bond motifs is 1. The molecular formula is C15H19NO3. The fourth-order valence-electron chi connectivity index (χ4n) is 2.07. The highest BCUT2D eigenvalue weighted by atomic mass is 16.5. The lowest BCUT2D eigenvalue weighted by molar-refractivity contribution is 0.340. The van der Waals surface area contributed by atoms with Gasteiger partial charge in [0.1, 0.15) is 11.3 Å². The molecule has 0 radical (unpaired) electrons. The minimum Gasteiger partial charge on any atom is -0.494 e. The molecule has 4 heteroatoms. The molecule has 1 aromatic carbocycles. The monoisotopic (exact) mass is 261 g/mol. The largest absolute Gasteiger partial charge is 0.494 e. The maximum atomic E-state index is 12.1. The van der Waals surface area contributed by atoms with Crippen molar-refractivity contribution in [3.8, 4) is 5.75 Å². The molecular weight excluding hydrogens is 242 g/mol. The van der Waals surface area contributed by atoms with Gasteiger partial charge in [-0.15, -0.1) is 0 Å². The molecule has 0 saturated carbocycles. The van der Waals surface area contributed by atoms with Crippen molar-refractivity contribution in [1.29, 1.82) is 0 Å². The van der Waals surface area contributed by atoms with Crippen molar-refractivity contribution in [1.82, 2.24) is 0 Å². The molecule has 0 spiro atoms. The quantitative estimate of drug-likeness (QED) is 0.829. The van der Waals surface area contributed by atoms with E-state index in [9.17, 15) is 4.79 Å². The molecule has 2 aromatic rings. The van der Waals surface area contributed by atoms with Gasteiger partial charge in [-0.2, -0.15) is 0 Å². The first-order valence-electron chi connectivity index (χ1n) is 6.65. The highest BCUT2D eigenvalue weighted by Gasteiger charge is 2.10. The number of benzene rings is 1. The van der Waals surface area contributed by atoms with E-state index in [2.05, 4.69) is 0 Å². The van der Waals surface area contributed by atoms with E-state index in [-0.39, 0.29) is 5.43 Å². The van der Waals surface area contributed by atoms with E-state index < -0.39 is 0 Å². The molecule has 0 aliphatic rings. The summed E-state index contributed by atoms with van der Waals surface area (Å²) >= 11 is 0. The van der Waals surface area contributed by atoms with E-state index in [1.807, 2.05) is 25.7 Å². The zero-order valence-electron chi connectivity index (χ0n) is 11.6. The van der Waals surface area contributed by atoms with Crippen LogP contribution in [0.2, 0.25) is 0 Å². The fourth-order valence-corrected chi connectivity index (χ4v) is 2.07. The second-order valence-electron chi connectivity index (χ2n) is 4.21. The Morgan fingerprint density at radius 2 is 1.89 bits per heavy atom. The van der Waals surface area contributed by atoms with Crippen LogP contribution in [0, 0.1) is 0 Å². The molecule has 0 fully saturated rings. The number of anilines is 1. The number of rotatable bonds is 5. The molecule has 0 atom stereocenters. The van der Waals surface area contributed by atoms with Crippen molar-refractivity contribution in [2.45, 2.75) is 20.8 Å². The summed E-state index contributed by atoms with van der Waals surface area (Å²) in [7, 11) is 0. The highest BCUT2D eigenvalue weighted by Crippen LogP contribution is 2.23. The van der Waals surface area contributed by atoms with Crippen molar-refractivity contribution >= 4 is 16.9 Å². The van der Waals surface area contributed by atoms with Gasteiger partial charge in [-0.1, -0.05) is 0 Å². The molecule has 19 heavy (non-hydrogen) atoms. The van der Waals surface area contributed by atoms with Crippen molar-refractivity contribution in [2.75, 3.05) is 24.6 Å². The molecule has 0 aliphatic carbocycles. The maximum Gasteiger partial charge on any atom is 0.199 e. The Labute approximate surface area is 112 Å². The minimum atomic E-state index is -0.0220. The number of hydrogen-bond acceptors (Lipinski definition) is 4. The Bertz CT molecular complexity index is 614. The van der Waals surface area contributed by atoms with Gasteiger partial charge < -0.3 is 14.1 Å². The second-order valence-corrected chi connectivity index (χ2v) is 4.21. The Kier molecular flexibility index (Phi) is 4.10. The summed E-state index contributed by atoms with van der Waals surface area (Å²) in [6.45, 7) is 8.18. The van der Waals surface area contributed by atoms with Crippen LogP contribution in [0.15, 0.2) is 33.5 Å². The molecule has 4 nitrogen and oxygen atoms in total. The van der Waals surface area contributed by atoms with Crippen molar-refractivity contribution in [3.05, 3.63) is 34.5 Å². The van der Waals surface area contributed by atoms with E-state index in [0.717, 1.165) is 18.8 Å². The summed E-state index contributed by atoms with van der Waals surface area (Å²) < 4.78 is 11.3. The first-order chi connectivity index (χ1) is 9.19. The molecule has 0 unspecified atom stereocenters. The van der Waals surface area contributed by atoms with Gasteiger partial charge in [0.15, 0.2) is 11.3 Å². The maximum absolute atomic E-state index is 12.1. The van der Waals surface area contributed by atoms with E-state index in [1.54, 1.807) is 24.3 Å². The topological polar surface area (TPSA) is 42.7 Å². The van der Waals surface area contributed by atoms with E-state index in [1.165, 1.54) is 0 Å². The average Bonchev–Trinajstić information content (AvgIpc) is 2.40. The van der Waals surface area contributed by atoms with Crippen LogP contribution < -0.4 is 15.1 Å². The van der Waals surface area contributed by atoms with E-state index in [4.69, 9.17) is 9.15 Å². The summed E-state index contributed by atoms with van der Waals surface area (Å²) in [4.78, 5) is 14.1. The lowest BCUT2D eigenvalue weighted by atomic mass is 10.2. The van der Waals surface area contributed by atoms with Crippen LogP contribution in [0.3, 0.4) is 0 Å². The van der Waals surface area contributed by atoms with Crippen molar-refractivity contribution in [2.24, 2.45) is 0 Å². The van der Waals surface area contributed by atoms with E-state index in [0.29, 0.717) is 23.5 Å². The van der Waals surface area contributed by atoms with Crippen LogP contribution in [0.5, 0.6) is 5.75 Å². The molecule has 102 valence electrons. The van der Waals surface area contributed by atoms with Crippen LogP contribution in [0.4, 0.5) is 5.88 Å². The van der Waals surface area contributed by atoms with Gasteiger partial charge in [0.05, 0.1) is 12.0 Å². The summed E-state index contributed by atoms with van der Waals surface area (Å²) in [6.07, 6.45) is 0. The predicted octanol–water partition coefficient (Wildman–Crippen LogP) is 3.04. The molecule has 0 amide bonds. The number of ether oxygens (including phenoxy) is 1. The Balaban J connectivity index is 2.55. The SMILES string of the molecule is CCOc1ccc2c(=O)cc(N(CC)CC)oc2c1. The van der Waals surface area contributed by atoms with Crippen LogP contribution in [0.1, 0.15) is 20.8 Å². The van der Waals surface area contributed by atoms with Crippen LogP contribution in [-0.2, 0) is 0 Å². The van der Waals surface area contributed by atoms with Crippen molar-refractivity contribution < 1.29 is 9.15 Å². The Morgan fingerprint density at radius 1 is 1.16 bits per heavy atom. The third kappa shape index (κ3) is 2.72.